The quantitative estimate of drug-likeness (QED) is 0.749. The molecule has 0 aliphatic carbocycles. The van der Waals surface area contributed by atoms with Crippen LogP contribution in [0.3, 0.4) is 0 Å². The summed E-state index contributed by atoms with van der Waals surface area (Å²) in [5.41, 5.74) is 1.56. The molecule has 1 aromatic heterocycles. The van der Waals surface area contributed by atoms with Gasteiger partial charge in [0.15, 0.2) is 0 Å². The minimum absolute atomic E-state index is 0.264. The SMILES string of the molecule is CCCC1CCN(Cc2c(C(=O)OCC)cnn2C)C1. The molecular weight excluding hydrogens is 254 g/mol. The highest BCUT2D eigenvalue weighted by Gasteiger charge is 2.25. The predicted molar refractivity (Wildman–Crippen MR) is 77.5 cm³/mol. The van der Waals surface area contributed by atoms with Crippen molar-refractivity contribution in [3.63, 3.8) is 0 Å². The average molecular weight is 279 g/mol. The lowest BCUT2D eigenvalue weighted by molar-refractivity contribution is 0.0524. The largest absolute Gasteiger partial charge is 0.462 e. The summed E-state index contributed by atoms with van der Waals surface area (Å²) in [5.74, 6) is 0.541. The molecule has 1 aliphatic heterocycles. The predicted octanol–water partition coefficient (Wildman–Crippen LogP) is 2.22. The van der Waals surface area contributed by atoms with Crippen molar-refractivity contribution >= 4 is 5.97 Å². The number of ether oxygens (including phenoxy) is 1. The molecule has 1 aromatic rings. The number of nitrogens with zero attached hydrogens (tertiary/aromatic N) is 3. The van der Waals surface area contributed by atoms with Gasteiger partial charge in [0.05, 0.1) is 18.5 Å². The molecule has 5 nitrogen and oxygen atoms in total. The van der Waals surface area contributed by atoms with Gasteiger partial charge in [-0.25, -0.2) is 4.79 Å². The Morgan fingerprint density at radius 3 is 3.00 bits per heavy atom. The second kappa shape index (κ2) is 6.88. The van der Waals surface area contributed by atoms with Crippen LogP contribution in [0.4, 0.5) is 0 Å². The molecule has 0 saturated carbocycles. The van der Waals surface area contributed by atoms with Crippen molar-refractivity contribution in [1.82, 2.24) is 14.7 Å². The molecule has 112 valence electrons. The number of esters is 1. The summed E-state index contributed by atoms with van der Waals surface area (Å²) >= 11 is 0. The van der Waals surface area contributed by atoms with Crippen LogP contribution in [0, 0.1) is 5.92 Å². The van der Waals surface area contributed by atoms with Gasteiger partial charge in [-0.3, -0.25) is 9.58 Å². The van der Waals surface area contributed by atoms with Gasteiger partial charge in [0.1, 0.15) is 5.56 Å². The van der Waals surface area contributed by atoms with E-state index in [1.54, 1.807) is 10.9 Å². The number of hydrogen-bond donors (Lipinski definition) is 0. The zero-order chi connectivity index (χ0) is 14.5. The maximum Gasteiger partial charge on any atom is 0.341 e. The lowest BCUT2D eigenvalue weighted by Gasteiger charge is -2.17. The molecule has 1 fully saturated rings. The van der Waals surface area contributed by atoms with Crippen molar-refractivity contribution in [2.24, 2.45) is 13.0 Å². The number of aromatic nitrogens is 2. The fraction of sp³-hybridized carbons (Fsp3) is 0.733. The standard InChI is InChI=1S/C15H25N3O2/c1-4-6-12-7-8-18(10-12)11-14-13(9-16-17(14)3)15(19)20-5-2/h9,12H,4-8,10-11H2,1-3H3. The van der Waals surface area contributed by atoms with Crippen LogP contribution in [0.15, 0.2) is 6.20 Å². The highest BCUT2D eigenvalue weighted by Crippen LogP contribution is 2.23. The van der Waals surface area contributed by atoms with E-state index in [2.05, 4.69) is 16.9 Å². The van der Waals surface area contributed by atoms with Crippen LogP contribution in [0.5, 0.6) is 0 Å². The Labute approximate surface area is 120 Å². The fourth-order valence-corrected chi connectivity index (χ4v) is 2.94. The van der Waals surface area contributed by atoms with E-state index in [0.717, 1.165) is 31.2 Å². The van der Waals surface area contributed by atoms with Gasteiger partial charge in [0, 0.05) is 20.1 Å². The Morgan fingerprint density at radius 1 is 1.50 bits per heavy atom. The van der Waals surface area contributed by atoms with Crippen LogP contribution >= 0.6 is 0 Å². The van der Waals surface area contributed by atoms with Crippen molar-refractivity contribution in [1.29, 1.82) is 0 Å². The summed E-state index contributed by atoms with van der Waals surface area (Å²) in [4.78, 5) is 14.3. The Bertz CT molecular complexity index is 456. The van der Waals surface area contributed by atoms with E-state index in [4.69, 9.17) is 4.74 Å². The van der Waals surface area contributed by atoms with Gasteiger partial charge < -0.3 is 4.74 Å². The number of likely N-dealkylation sites (tertiary alicyclic amines) is 1. The molecule has 0 bridgehead atoms. The van der Waals surface area contributed by atoms with Crippen molar-refractivity contribution in [2.75, 3.05) is 19.7 Å². The first kappa shape index (κ1) is 15.0. The van der Waals surface area contributed by atoms with E-state index in [1.165, 1.54) is 19.3 Å². The monoisotopic (exact) mass is 279 g/mol. The van der Waals surface area contributed by atoms with Crippen molar-refractivity contribution in [2.45, 2.75) is 39.7 Å². The maximum absolute atomic E-state index is 11.9. The number of hydrogen-bond acceptors (Lipinski definition) is 4. The zero-order valence-corrected chi connectivity index (χ0v) is 12.8. The molecule has 2 heterocycles. The molecule has 1 unspecified atom stereocenters. The second-order valence-corrected chi connectivity index (χ2v) is 5.53. The van der Waals surface area contributed by atoms with Gasteiger partial charge in [0.25, 0.3) is 0 Å². The van der Waals surface area contributed by atoms with Crippen LogP contribution in [0.1, 0.15) is 49.2 Å². The molecule has 0 spiro atoms. The molecule has 1 saturated heterocycles. The van der Waals surface area contributed by atoms with Crippen LogP contribution in [0.2, 0.25) is 0 Å². The van der Waals surface area contributed by atoms with Gasteiger partial charge in [-0.15, -0.1) is 0 Å². The Hall–Kier alpha value is -1.36. The van der Waals surface area contributed by atoms with Gasteiger partial charge in [-0.1, -0.05) is 13.3 Å². The molecule has 1 atom stereocenters. The minimum atomic E-state index is -0.264. The summed E-state index contributed by atoms with van der Waals surface area (Å²) < 4.78 is 6.89. The lowest BCUT2D eigenvalue weighted by Crippen LogP contribution is -2.23. The zero-order valence-electron chi connectivity index (χ0n) is 12.8. The number of carbonyl (C=O) groups excluding carboxylic acids is 1. The highest BCUT2D eigenvalue weighted by molar-refractivity contribution is 5.90. The van der Waals surface area contributed by atoms with E-state index in [0.29, 0.717) is 12.2 Å². The Balaban J connectivity index is 2.02. The topological polar surface area (TPSA) is 47.4 Å². The second-order valence-electron chi connectivity index (χ2n) is 5.53. The molecule has 0 amide bonds. The van der Waals surface area contributed by atoms with Crippen molar-refractivity contribution in [3.05, 3.63) is 17.5 Å². The third-order valence-electron chi connectivity index (χ3n) is 4.00. The van der Waals surface area contributed by atoms with Crippen molar-refractivity contribution in [3.8, 4) is 0 Å². The average Bonchev–Trinajstić information content (AvgIpc) is 2.99. The van der Waals surface area contributed by atoms with Crippen LogP contribution in [-0.2, 0) is 18.3 Å². The Kier molecular flexibility index (Phi) is 5.17. The van der Waals surface area contributed by atoms with Crippen molar-refractivity contribution < 1.29 is 9.53 Å². The first-order valence-corrected chi connectivity index (χ1v) is 7.56. The molecule has 0 radical (unpaired) electrons. The number of aryl methyl sites for hydroxylation is 1. The van der Waals surface area contributed by atoms with Crippen LogP contribution in [0.25, 0.3) is 0 Å². The molecule has 0 aromatic carbocycles. The van der Waals surface area contributed by atoms with E-state index in [-0.39, 0.29) is 5.97 Å². The van der Waals surface area contributed by atoms with E-state index in [1.807, 2.05) is 14.0 Å². The summed E-state index contributed by atoms with van der Waals surface area (Å²) in [5, 5.41) is 4.21. The van der Waals surface area contributed by atoms with Gasteiger partial charge >= 0.3 is 5.97 Å². The summed E-state index contributed by atoms with van der Waals surface area (Å²) in [6.07, 6.45) is 5.43. The van der Waals surface area contributed by atoms with Crippen LogP contribution < -0.4 is 0 Å². The normalized spacial score (nSPS) is 19.4. The number of carbonyl (C=O) groups is 1. The highest BCUT2D eigenvalue weighted by atomic mass is 16.5. The van der Waals surface area contributed by atoms with E-state index < -0.39 is 0 Å². The molecule has 5 heteroatoms. The molecule has 20 heavy (non-hydrogen) atoms. The third-order valence-corrected chi connectivity index (χ3v) is 4.00. The van der Waals surface area contributed by atoms with E-state index >= 15 is 0 Å². The lowest BCUT2D eigenvalue weighted by atomic mass is 10.0. The fourth-order valence-electron chi connectivity index (χ4n) is 2.94. The minimum Gasteiger partial charge on any atom is -0.462 e. The summed E-state index contributed by atoms with van der Waals surface area (Å²) in [6, 6.07) is 0. The first-order valence-electron chi connectivity index (χ1n) is 7.56. The molecule has 2 rings (SSSR count). The van der Waals surface area contributed by atoms with Gasteiger partial charge in [-0.2, -0.15) is 5.10 Å². The Morgan fingerprint density at radius 2 is 2.30 bits per heavy atom. The van der Waals surface area contributed by atoms with Gasteiger partial charge in [-0.05, 0) is 32.2 Å². The number of rotatable bonds is 6. The first-order chi connectivity index (χ1) is 9.65. The smallest absolute Gasteiger partial charge is 0.341 e. The van der Waals surface area contributed by atoms with Crippen LogP contribution in [-0.4, -0.2) is 40.3 Å². The molecule has 1 aliphatic rings. The molecular formula is C15H25N3O2. The third kappa shape index (κ3) is 3.39. The summed E-state index contributed by atoms with van der Waals surface area (Å²) in [7, 11) is 1.89. The van der Waals surface area contributed by atoms with E-state index in [9.17, 15) is 4.79 Å². The summed E-state index contributed by atoms with van der Waals surface area (Å²) in [6.45, 7) is 7.48. The molecule has 0 N–H and O–H groups in total. The maximum atomic E-state index is 11.9. The van der Waals surface area contributed by atoms with Gasteiger partial charge in [0.2, 0.25) is 0 Å².